The maximum atomic E-state index is 13.6. The Balaban J connectivity index is 3.03. The first-order chi connectivity index (χ1) is 7.63. The Morgan fingerprint density at radius 3 is 2.50 bits per heavy atom. The van der Waals surface area contributed by atoms with E-state index < -0.39 is 11.6 Å². The van der Waals surface area contributed by atoms with Gasteiger partial charge >= 0.3 is 0 Å². The summed E-state index contributed by atoms with van der Waals surface area (Å²) in [5.74, 6) is -1.25. The molecular formula is C12H17F2NO. The molecule has 16 heavy (non-hydrogen) atoms. The summed E-state index contributed by atoms with van der Waals surface area (Å²) < 4.78 is 26.3. The summed E-state index contributed by atoms with van der Waals surface area (Å²) in [6.07, 6.45) is 0.721. The third kappa shape index (κ3) is 2.77. The van der Waals surface area contributed by atoms with Gasteiger partial charge in [-0.05, 0) is 19.5 Å². The minimum Gasteiger partial charge on any atom is -0.396 e. The fourth-order valence-electron chi connectivity index (χ4n) is 1.87. The predicted molar refractivity (Wildman–Crippen MR) is 59.0 cm³/mol. The van der Waals surface area contributed by atoms with Crippen LogP contribution in [-0.4, -0.2) is 18.8 Å². The Bertz CT molecular complexity index is 340. The zero-order valence-electron chi connectivity index (χ0n) is 9.50. The van der Waals surface area contributed by atoms with Crippen molar-refractivity contribution in [2.24, 2.45) is 5.92 Å². The fraction of sp³-hybridized carbons (Fsp3) is 0.500. The SMILES string of the molecule is CCC(CO)C(NC)c1ccc(F)cc1F. The zero-order valence-corrected chi connectivity index (χ0v) is 9.50. The summed E-state index contributed by atoms with van der Waals surface area (Å²) in [6.45, 7) is 1.89. The van der Waals surface area contributed by atoms with Crippen molar-refractivity contribution in [3.8, 4) is 0 Å². The third-order valence-corrected chi connectivity index (χ3v) is 2.84. The minimum atomic E-state index is -0.590. The van der Waals surface area contributed by atoms with E-state index in [0.717, 1.165) is 12.5 Å². The van der Waals surface area contributed by atoms with Crippen LogP contribution in [0.2, 0.25) is 0 Å². The molecule has 1 aromatic rings. The van der Waals surface area contributed by atoms with E-state index in [1.165, 1.54) is 12.1 Å². The van der Waals surface area contributed by atoms with Gasteiger partial charge in [-0.25, -0.2) is 8.78 Å². The van der Waals surface area contributed by atoms with E-state index in [1.54, 1.807) is 7.05 Å². The summed E-state index contributed by atoms with van der Waals surface area (Å²) in [5, 5.41) is 12.2. The van der Waals surface area contributed by atoms with Gasteiger partial charge < -0.3 is 10.4 Å². The molecular weight excluding hydrogens is 212 g/mol. The van der Waals surface area contributed by atoms with Crippen LogP contribution in [0.4, 0.5) is 8.78 Å². The topological polar surface area (TPSA) is 32.3 Å². The van der Waals surface area contributed by atoms with Crippen LogP contribution in [0, 0.1) is 17.6 Å². The van der Waals surface area contributed by atoms with Gasteiger partial charge in [-0.2, -0.15) is 0 Å². The molecule has 0 aliphatic heterocycles. The Hall–Kier alpha value is -1.00. The van der Waals surface area contributed by atoms with Crippen molar-refractivity contribution in [2.45, 2.75) is 19.4 Å². The lowest BCUT2D eigenvalue weighted by Crippen LogP contribution is -2.28. The van der Waals surface area contributed by atoms with E-state index >= 15 is 0 Å². The monoisotopic (exact) mass is 229 g/mol. The number of aliphatic hydroxyl groups is 1. The maximum absolute atomic E-state index is 13.6. The highest BCUT2D eigenvalue weighted by Gasteiger charge is 2.22. The van der Waals surface area contributed by atoms with Gasteiger partial charge in [0.15, 0.2) is 0 Å². The Labute approximate surface area is 94.3 Å². The molecule has 2 nitrogen and oxygen atoms in total. The quantitative estimate of drug-likeness (QED) is 0.811. The summed E-state index contributed by atoms with van der Waals surface area (Å²) in [6, 6.07) is 3.22. The van der Waals surface area contributed by atoms with Gasteiger partial charge in [0.05, 0.1) is 0 Å². The standard InChI is InChI=1S/C12H17F2NO/c1-3-8(7-16)12(15-2)10-5-4-9(13)6-11(10)14/h4-6,8,12,15-16H,3,7H2,1-2H3. The number of hydrogen-bond donors (Lipinski definition) is 2. The molecule has 1 rings (SSSR count). The minimum absolute atomic E-state index is 0.0289. The average molecular weight is 229 g/mol. The second kappa shape index (κ2) is 5.92. The van der Waals surface area contributed by atoms with Crippen LogP contribution in [0.5, 0.6) is 0 Å². The maximum Gasteiger partial charge on any atom is 0.130 e. The first-order valence-electron chi connectivity index (χ1n) is 5.37. The van der Waals surface area contributed by atoms with Crippen LogP contribution in [0.1, 0.15) is 24.9 Å². The molecule has 0 spiro atoms. The van der Waals surface area contributed by atoms with Crippen molar-refractivity contribution < 1.29 is 13.9 Å². The second-order valence-electron chi connectivity index (χ2n) is 3.78. The molecule has 0 radical (unpaired) electrons. The normalized spacial score (nSPS) is 14.8. The molecule has 0 saturated heterocycles. The molecule has 0 bridgehead atoms. The lowest BCUT2D eigenvalue weighted by Gasteiger charge is -2.25. The molecule has 0 fully saturated rings. The number of benzene rings is 1. The highest BCUT2D eigenvalue weighted by Crippen LogP contribution is 2.26. The van der Waals surface area contributed by atoms with E-state index in [-0.39, 0.29) is 18.6 Å². The predicted octanol–water partition coefficient (Wildman–Crippen LogP) is 2.24. The largest absolute Gasteiger partial charge is 0.396 e. The van der Waals surface area contributed by atoms with Crippen molar-refractivity contribution >= 4 is 0 Å². The molecule has 0 saturated carbocycles. The van der Waals surface area contributed by atoms with Crippen molar-refractivity contribution in [1.29, 1.82) is 0 Å². The van der Waals surface area contributed by atoms with E-state index in [1.807, 2.05) is 6.92 Å². The Morgan fingerprint density at radius 1 is 1.38 bits per heavy atom. The first-order valence-corrected chi connectivity index (χ1v) is 5.37. The molecule has 0 aliphatic rings. The Kier molecular flexibility index (Phi) is 4.83. The second-order valence-corrected chi connectivity index (χ2v) is 3.78. The number of hydrogen-bond acceptors (Lipinski definition) is 2. The summed E-state index contributed by atoms with van der Waals surface area (Å²) in [4.78, 5) is 0. The van der Waals surface area contributed by atoms with Crippen molar-refractivity contribution in [1.82, 2.24) is 5.32 Å². The Morgan fingerprint density at radius 2 is 2.06 bits per heavy atom. The van der Waals surface area contributed by atoms with E-state index in [4.69, 9.17) is 0 Å². The number of halogens is 2. The fourth-order valence-corrected chi connectivity index (χ4v) is 1.87. The lowest BCUT2D eigenvalue weighted by atomic mass is 9.91. The van der Waals surface area contributed by atoms with Gasteiger partial charge in [-0.1, -0.05) is 13.0 Å². The van der Waals surface area contributed by atoms with Gasteiger partial charge in [0, 0.05) is 30.2 Å². The number of rotatable bonds is 5. The van der Waals surface area contributed by atoms with Crippen molar-refractivity contribution in [3.63, 3.8) is 0 Å². The van der Waals surface area contributed by atoms with Crippen LogP contribution in [0.3, 0.4) is 0 Å². The molecule has 0 heterocycles. The van der Waals surface area contributed by atoms with Crippen LogP contribution in [0.25, 0.3) is 0 Å². The number of aliphatic hydroxyl groups excluding tert-OH is 1. The van der Waals surface area contributed by atoms with Crippen molar-refractivity contribution in [3.05, 3.63) is 35.4 Å². The van der Waals surface area contributed by atoms with Gasteiger partial charge in [0.2, 0.25) is 0 Å². The van der Waals surface area contributed by atoms with E-state index in [2.05, 4.69) is 5.32 Å². The van der Waals surface area contributed by atoms with Crippen LogP contribution in [0.15, 0.2) is 18.2 Å². The van der Waals surface area contributed by atoms with Crippen molar-refractivity contribution in [2.75, 3.05) is 13.7 Å². The van der Waals surface area contributed by atoms with Gasteiger partial charge in [-0.3, -0.25) is 0 Å². The van der Waals surface area contributed by atoms with Crippen LogP contribution >= 0.6 is 0 Å². The lowest BCUT2D eigenvalue weighted by molar-refractivity contribution is 0.187. The third-order valence-electron chi connectivity index (χ3n) is 2.84. The van der Waals surface area contributed by atoms with Gasteiger partial charge in [0.25, 0.3) is 0 Å². The molecule has 2 N–H and O–H groups in total. The number of nitrogens with one attached hydrogen (secondary N) is 1. The smallest absolute Gasteiger partial charge is 0.130 e. The molecule has 4 heteroatoms. The molecule has 1 aromatic carbocycles. The molecule has 2 unspecified atom stereocenters. The van der Waals surface area contributed by atoms with Gasteiger partial charge in [-0.15, -0.1) is 0 Å². The molecule has 0 aromatic heterocycles. The zero-order chi connectivity index (χ0) is 12.1. The molecule has 90 valence electrons. The molecule has 2 atom stereocenters. The first kappa shape index (κ1) is 13.1. The molecule has 0 aliphatic carbocycles. The average Bonchev–Trinajstić information content (AvgIpc) is 2.27. The van der Waals surface area contributed by atoms with Crippen LogP contribution < -0.4 is 5.32 Å². The molecule has 0 amide bonds. The summed E-state index contributed by atoms with van der Waals surface area (Å²) >= 11 is 0. The highest BCUT2D eigenvalue weighted by atomic mass is 19.1. The van der Waals surface area contributed by atoms with Gasteiger partial charge in [0.1, 0.15) is 11.6 Å². The van der Waals surface area contributed by atoms with E-state index in [9.17, 15) is 13.9 Å². The summed E-state index contributed by atoms with van der Waals surface area (Å²) in [7, 11) is 1.70. The highest BCUT2D eigenvalue weighted by molar-refractivity contribution is 5.22. The van der Waals surface area contributed by atoms with Crippen LogP contribution in [-0.2, 0) is 0 Å². The van der Waals surface area contributed by atoms with E-state index in [0.29, 0.717) is 5.56 Å². The summed E-state index contributed by atoms with van der Waals surface area (Å²) in [5.41, 5.74) is 0.393.